The van der Waals surface area contributed by atoms with Gasteiger partial charge in [0.1, 0.15) is 5.02 Å². The van der Waals surface area contributed by atoms with E-state index in [-0.39, 0.29) is 10.6 Å². The Morgan fingerprint density at radius 2 is 2.47 bits per heavy atom. The van der Waals surface area contributed by atoms with Gasteiger partial charge in [-0.15, -0.1) is 0 Å². The van der Waals surface area contributed by atoms with E-state index in [1.54, 1.807) is 6.20 Å². The third-order valence-electron chi connectivity index (χ3n) is 3.10. The third kappa shape index (κ3) is 2.79. The van der Waals surface area contributed by atoms with Crippen LogP contribution in [0.5, 0.6) is 0 Å². The van der Waals surface area contributed by atoms with Crippen LogP contribution in [0, 0.1) is 0 Å². The molecule has 94 valence electrons. The Morgan fingerprint density at radius 1 is 1.65 bits per heavy atom. The summed E-state index contributed by atoms with van der Waals surface area (Å²) in [5, 5.41) is 9.79. The number of likely N-dealkylation sites (N-methyl/N-ethyl adjacent to an activating group) is 1. The molecule has 0 aromatic carbocycles. The summed E-state index contributed by atoms with van der Waals surface area (Å²) in [6, 6.07) is 0.477. The molecule has 1 aliphatic heterocycles. The summed E-state index contributed by atoms with van der Waals surface area (Å²) in [5.74, 6) is 0. The highest BCUT2D eigenvalue weighted by atomic mass is 35.5. The molecule has 0 spiro atoms. The normalized spacial score (nSPS) is 19.5. The highest BCUT2D eigenvalue weighted by Crippen LogP contribution is 2.21. The smallest absolute Gasteiger partial charge is 0.285 e. The lowest BCUT2D eigenvalue weighted by molar-refractivity contribution is 0.586. The summed E-state index contributed by atoms with van der Waals surface area (Å²) in [7, 11) is 0. The maximum Gasteiger partial charge on any atom is 0.285 e. The van der Waals surface area contributed by atoms with Crippen molar-refractivity contribution >= 4 is 17.3 Å². The number of anilines is 1. The molecule has 1 aromatic rings. The van der Waals surface area contributed by atoms with Gasteiger partial charge in [-0.3, -0.25) is 4.79 Å². The van der Waals surface area contributed by atoms with Gasteiger partial charge in [0.25, 0.3) is 5.56 Å². The van der Waals surface area contributed by atoms with E-state index in [1.165, 1.54) is 12.8 Å². The zero-order valence-electron chi connectivity index (χ0n) is 9.87. The van der Waals surface area contributed by atoms with E-state index in [0.29, 0.717) is 11.7 Å². The SMILES string of the molecule is CCN(CC1CCCN1)c1cn[nH]c(=O)c1Cl. The van der Waals surface area contributed by atoms with Crippen LogP contribution in [0.4, 0.5) is 5.69 Å². The van der Waals surface area contributed by atoms with E-state index in [2.05, 4.69) is 20.4 Å². The minimum Gasteiger partial charge on any atom is -0.368 e. The van der Waals surface area contributed by atoms with Crippen molar-refractivity contribution in [1.29, 1.82) is 0 Å². The zero-order chi connectivity index (χ0) is 12.3. The molecule has 2 N–H and O–H groups in total. The summed E-state index contributed by atoms with van der Waals surface area (Å²) in [6.07, 6.45) is 4.00. The van der Waals surface area contributed by atoms with Crippen LogP contribution in [0.25, 0.3) is 0 Å². The van der Waals surface area contributed by atoms with Crippen molar-refractivity contribution in [1.82, 2.24) is 15.5 Å². The Labute approximate surface area is 105 Å². The molecule has 1 aromatic heterocycles. The molecule has 1 atom stereocenters. The molecule has 1 unspecified atom stereocenters. The van der Waals surface area contributed by atoms with E-state index in [9.17, 15) is 4.79 Å². The van der Waals surface area contributed by atoms with Crippen molar-refractivity contribution < 1.29 is 0 Å². The molecule has 0 saturated carbocycles. The van der Waals surface area contributed by atoms with Gasteiger partial charge in [0.15, 0.2) is 0 Å². The second kappa shape index (κ2) is 5.51. The molecule has 0 bridgehead atoms. The second-order valence-corrected chi connectivity index (χ2v) is 4.61. The van der Waals surface area contributed by atoms with Crippen LogP contribution in [0.3, 0.4) is 0 Å². The maximum atomic E-state index is 11.4. The summed E-state index contributed by atoms with van der Waals surface area (Å²) < 4.78 is 0. The van der Waals surface area contributed by atoms with Gasteiger partial charge < -0.3 is 10.2 Å². The molecule has 1 aliphatic rings. The van der Waals surface area contributed by atoms with E-state index in [1.807, 2.05) is 6.92 Å². The number of hydrogen-bond donors (Lipinski definition) is 2. The molecule has 1 fully saturated rings. The first-order valence-corrected chi connectivity index (χ1v) is 6.31. The van der Waals surface area contributed by atoms with Crippen LogP contribution in [0.15, 0.2) is 11.0 Å². The first-order chi connectivity index (χ1) is 8.22. The van der Waals surface area contributed by atoms with Crippen molar-refractivity contribution in [3.8, 4) is 0 Å². The van der Waals surface area contributed by atoms with Gasteiger partial charge in [-0.1, -0.05) is 11.6 Å². The Balaban J connectivity index is 2.16. The predicted octanol–water partition coefficient (Wildman–Crippen LogP) is 1.00. The summed E-state index contributed by atoms with van der Waals surface area (Å²) in [4.78, 5) is 13.5. The molecule has 0 aliphatic carbocycles. The maximum absolute atomic E-state index is 11.4. The topological polar surface area (TPSA) is 61.0 Å². The lowest BCUT2D eigenvalue weighted by atomic mass is 10.2. The van der Waals surface area contributed by atoms with Crippen LogP contribution < -0.4 is 15.8 Å². The van der Waals surface area contributed by atoms with Crippen molar-refractivity contribution in [3.63, 3.8) is 0 Å². The van der Waals surface area contributed by atoms with Crippen LogP contribution in [-0.2, 0) is 0 Å². The van der Waals surface area contributed by atoms with E-state index in [0.717, 1.165) is 19.6 Å². The largest absolute Gasteiger partial charge is 0.368 e. The molecular formula is C11H17ClN4O. The molecule has 6 heteroatoms. The first-order valence-electron chi connectivity index (χ1n) is 5.94. The fourth-order valence-corrected chi connectivity index (χ4v) is 2.38. The van der Waals surface area contributed by atoms with Crippen LogP contribution in [0.2, 0.25) is 5.02 Å². The number of nitrogens with one attached hydrogen (secondary N) is 2. The Morgan fingerprint density at radius 3 is 3.12 bits per heavy atom. The molecule has 0 radical (unpaired) electrons. The first kappa shape index (κ1) is 12.4. The van der Waals surface area contributed by atoms with Crippen LogP contribution in [-0.4, -0.2) is 35.9 Å². The van der Waals surface area contributed by atoms with E-state index >= 15 is 0 Å². The molecule has 2 heterocycles. The van der Waals surface area contributed by atoms with Crippen molar-refractivity contribution in [2.45, 2.75) is 25.8 Å². The van der Waals surface area contributed by atoms with Gasteiger partial charge in [0, 0.05) is 19.1 Å². The highest BCUT2D eigenvalue weighted by Gasteiger charge is 2.19. The number of H-pyrrole nitrogens is 1. The summed E-state index contributed by atoms with van der Waals surface area (Å²) in [5.41, 5.74) is 0.383. The number of rotatable bonds is 4. The Hall–Kier alpha value is -1.07. The third-order valence-corrected chi connectivity index (χ3v) is 3.47. The van der Waals surface area contributed by atoms with E-state index in [4.69, 9.17) is 11.6 Å². The van der Waals surface area contributed by atoms with Gasteiger partial charge in [0.05, 0.1) is 11.9 Å². The van der Waals surface area contributed by atoms with Gasteiger partial charge >= 0.3 is 0 Å². The number of nitrogens with zero attached hydrogens (tertiary/aromatic N) is 2. The van der Waals surface area contributed by atoms with Gasteiger partial charge in [-0.25, -0.2) is 5.10 Å². The fourth-order valence-electron chi connectivity index (χ4n) is 2.17. The Kier molecular flexibility index (Phi) is 4.02. The van der Waals surface area contributed by atoms with Crippen LogP contribution >= 0.6 is 11.6 Å². The lowest BCUT2D eigenvalue weighted by Gasteiger charge is -2.26. The molecule has 17 heavy (non-hydrogen) atoms. The van der Waals surface area contributed by atoms with Crippen molar-refractivity contribution in [3.05, 3.63) is 21.6 Å². The average Bonchev–Trinajstić information content (AvgIpc) is 2.83. The van der Waals surface area contributed by atoms with E-state index < -0.39 is 0 Å². The fraction of sp³-hybridized carbons (Fsp3) is 0.636. The second-order valence-electron chi connectivity index (χ2n) is 4.23. The van der Waals surface area contributed by atoms with Gasteiger partial charge in [-0.2, -0.15) is 5.10 Å². The quantitative estimate of drug-likeness (QED) is 0.844. The summed E-state index contributed by atoms with van der Waals surface area (Å²) in [6.45, 7) is 4.79. The number of aromatic nitrogens is 2. The molecule has 1 saturated heterocycles. The predicted molar refractivity (Wildman–Crippen MR) is 68.8 cm³/mol. The molecule has 2 rings (SSSR count). The number of hydrogen-bond acceptors (Lipinski definition) is 4. The van der Waals surface area contributed by atoms with Crippen LogP contribution in [0.1, 0.15) is 19.8 Å². The average molecular weight is 257 g/mol. The van der Waals surface area contributed by atoms with Gasteiger partial charge in [-0.05, 0) is 26.3 Å². The van der Waals surface area contributed by atoms with Gasteiger partial charge in [0.2, 0.25) is 0 Å². The summed E-state index contributed by atoms with van der Waals surface area (Å²) >= 11 is 6.01. The minimum absolute atomic E-state index is 0.222. The molecular weight excluding hydrogens is 240 g/mol. The van der Waals surface area contributed by atoms with Crippen molar-refractivity contribution in [2.24, 2.45) is 0 Å². The minimum atomic E-state index is -0.331. The number of aromatic amines is 1. The lowest BCUT2D eigenvalue weighted by Crippen LogP contribution is -2.38. The standard InChI is InChI=1S/C11H17ClN4O/c1-2-16(7-8-4-3-5-13-8)9-6-14-15-11(17)10(9)12/h6,8,13H,2-5,7H2,1H3,(H,15,17). The van der Waals surface area contributed by atoms with Crippen molar-refractivity contribution in [2.75, 3.05) is 24.5 Å². The molecule has 5 nitrogen and oxygen atoms in total. The zero-order valence-corrected chi connectivity index (χ0v) is 10.6. The Bertz CT molecular complexity index is 428. The highest BCUT2D eigenvalue weighted by molar-refractivity contribution is 6.32. The molecule has 0 amide bonds. The number of halogens is 1. The monoisotopic (exact) mass is 256 g/mol.